The van der Waals surface area contributed by atoms with Gasteiger partial charge in [-0.2, -0.15) is 4.89 Å². The molecule has 0 saturated carbocycles. The SMILES string of the molecule is CCCCCCCCCCCCCCOOC(=O)CCCCCCC(=O)O. The molecule has 0 amide bonds. The van der Waals surface area contributed by atoms with Gasteiger partial charge in [0.2, 0.25) is 0 Å². The number of carbonyl (C=O) groups excluding carboxylic acids is 1. The van der Waals surface area contributed by atoms with E-state index in [0.717, 1.165) is 32.1 Å². The van der Waals surface area contributed by atoms with Crippen LogP contribution in [0.3, 0.4) is 0 Å². The van der Waals surface area contributed by atoms with Crippen molar-refractivity contribution in [2.24, 2.45) is 0 Å². The van der Waals surface area contributed by atoms with E-state index < -0.39 is 5.97 Å². The van der Waals surface area contributed by atoms with Crippen LogP contribution < -0.4 is 0 Å². The quantitative estimate of drug-likeness (QED) is 0.137. The van der Waals surface area contributed by atoms with E-state index in [-0.39, 0.29) is 12.4 Å². The maximum Gasteiger partial charge on any atom is 0.342 e. The lowest BCUT2D eigenvalue weighted by Crippen LogP contribution is -2.06. The van der Waals surface area contributed by atoms with Crippen LogP contribution in [0.4, 0.5) is 0 Å². The molecule has 5 nitrogen and oxygen atoms in total. The summed E-state index contributed by atoms with van der Waals surface area (Å²) in [6.45, 7) is 2.73. The van der Waals surface area contributed by atoms with Crippen LogP contribution in [-0.4, -0.2) is 23.7 Å². The minimum atomic E-state index is -0.763. The standard InChI is InChI=1S/C22H42O5/c1-2-3-4-5-6-7-8-9-10-11-14-17-20-26-27-22(25)19-16-13-12-15-18-21(23)24/h2-20H2,1H3,(H,23,24). The van der Waals surface area contributed by atoms with Crippen molar-refractivity contribution in [2.45, 2.75) is 122 Å². The highest BCUT2D eigenvalue weighted by Crippen LogP contribution is 2.12. The van der Waals surface area contributed by atoms with Gasteiger partial charge >= 0.3 is 11.9 Å². The maximum atomic E-state index is 11.5. The molecule has 0 aliphatic heterocycles. The molecule has 0 aliphatic carbocycles. The maximum absolute atomic E-state index is 11.5. The number of unbranched alkanes of at least 4 members (excludes halogenated alkanes) is 14. The van der Waals surface area contributed by atoms with E-state index in [1.807, 2.05) is 0 Å². The third-order valence-corrected chi connectivity index (χ3v) is 4.75. The molecule has 0 aromatic rings. The third-order valence-electron chi connectivity index (χ3n) is 4.75. The van der Waals surface area contributed by atoms with Crippen molar-refractivity contribution in [3.8, 4) is 0 Å². The molecule has 5 heteroatoms. The first-order valence-electron chi connectivity index (χ1n) is 11.2. The van der Waals surface area contributed by atoms with E-state index in [0.29, 0.717) is 19.4 Å². The number of hydrogen-bond acceptors (Lipinski definition) is 4. The molecule has 160 valence electrons. The number of carboxylic acid groups (broad SMARTS) is 1. The normalized spacial score (nSPS) is 10.9. The van der Waals surface area contributed by atoms with Crippen molar-refractivity contribution >= 4 is 11.9 Å². The van der Waals surface area contributed by atoms with Crippen molar-refractivity contribution in [2.75, 3.05) is 6.61 Å². The van der Waals surface area contributed by atoms with Gasteiger partial charge in [-0.1, -0.05) is 90.4 Å². The Kier molecular flexibility index (Phi) is 20.3. The van der Waals surface area contributed by atoms with E-state index >= 15 is 0 Å². The van der Waals surface area contributed by atoms with Gasteiger partial charge in [0.25, 0.3) is 0 Å². The Morgan fingerprint density at radius 1 is 0.630 bits per heavy atom. The number of aliphatic carboxylic acids is 1. The molecule has 0 atom stereocenters. The lowest BCUT2D eigenvalue weighted by Gasteiger charge is -2.04. The molecule has 0 bridgehead atoms. The van der Waals surface area contributed by atoms with Gasteiger partial charge in [-0.3, -0.25) is 9.68 Å². The fraction of sp³-hybridized carbons (Fsp3) is 0.909. The topological polar surface area (TPSA) is 72.8 Å². The van der Waals surface area contributed by atoms with E-state index in [9.17, 15) is 9.59 Å². The zero-order valence-corrected chi connectivity index (χ0v) is 17.5. The molecule has 1 N–H and O–H groups in total. The number of hydrogen-bond donors (Lipinski definition) is 1. The van der Waals surface area contributed by atoms with Crippen LogP contribution in [0.15, 0.2) is 0 Å². The molecule has 27 heavy (non-hydrogen) atoms. The predicted octanol–water partition coefficient (Wildman–Crippen LogP) is 6.59. The van der Waals surface area contributed by atoms with Gasteiger partial charge in [0.05, 0.1) is 6.61 Å². The molecule has 0 aliphatic rings. The summed E-state index contributed by atoms with van der Waals surface area (Å²) in [5.41, 5.74) is 0. The molecule has 0 saturated heterocycles. The molecule has 0 heterocycles. The summed E-state index contributed by atoms with van der Waals surface area (Å²) in [4.78, 5) is 31.5. The molecular weight excluding hydrogens is 344 g/mol. The van der Waals surface area contributed by atoms with Gasteiger partial charge in [0.15, 0.2) is 0 Å². The number of carbonyl (C=O) groups is 2. The summed E-state index contributed by atoms with van der Waals surface area (Å²) in [5, 5.41) is 8.52. The minimum Gasteiger partial charge on any atom is -0.481 e. The second-order valence-corrected chi connectivity index (χ2v) is 7.47. The Balaban J connectivity index is 3.14. The molecule has 0 fully saturated rings. The summed E-state index contributed by atoms with van der Waals surface area (Å²) in [6, 6.07) is 0. The van der Waals surface area contributed by atoms with Gasteiger partial charge in [-0.05, 0) is 19.3 Å². The zero-order chi connectivity index (χ0) is 20.0. The van der Waals surface area contributed by atoms with Gasteiger partial charge in [-0.25, -0.2) is 4.79 Å². The van der Waals surface area contributed by atoms with Crippen molar-refractivity contribution in [3.63, 3.8) is 0 Å². The Morgan fingerprint density at radius 3 is 1.59 bits per heavy atom. The first-order valence-corrected chi connectivity index (χ1v) is 11.2. The molecule has 0 aromatic heterocycles. The summed E-state index contributed by atoms with van der Waals surface area (Å²) < 4.78 is 0. The predicted molar refractivity (Wildman–Crippen MR) is 108 cm³/mol. The third kappa shape index (κ3) is 22.9. The monoisotopic (exact) mass is 386 g/mol. The van der Waals surface area contributed by atoms with E-state index in [4.69, 9.17) is 14.9 Å². The van der Waals surface area contributed by atoms with Crippen molar-refractivity contribution in [1.82, 2.24) is 0 Å². The summed E-state index contributed by atoms with van der Waals surface area (Å²) >= 11 is 0. The lowest BCUT2D eigenvalue weighted by atomic mass is 10.1. The van der Waals surface area contributed by atoms with E-state index in [1.165, 1.54) is 64.2 Å². The van der Waals surface area contributed by atoms with Gasteiger partial charge in [-0.15, -0.1) is 0 Å². The molecule has 0 unspecified atom stereocenters. The molecular formula is C22H42O5. The van der Waals surface area contributed by atoms with Crippen LogP contribution >= 0.6 is 0 Å². The summed E-state index contributed by atoms with van der Waals surface area (Å²) in [5.74, 6) is -1.09. The van der Waals surface area contributed by atoms with Gasteiger partial charge < -0.3 is 5.11 Å². The van der Waals surface area contributed by atoms with E-state index in [2.05, 4.69) is 6.92 Å². The fourth-order valence-electron chi connectivity index (χ4n) is 3.05. The van der Waals surface area contributed by atoms with Crippen LogP contribution in [-0.2, 0) is 19.4 Å². The summed E-state index contributed by atoms with van der Waals surface area (Å²) in [6.07, 6.45) is 19.1. The highest BCUT2D eigenvalue weighted by atomic mass is 17.2. The molecule has 0 spiro atoms. The van der Waals surface area contributed by atoms with Gasteiger partial charge in [0, 0.05) is 12.8 Å². The second kappa shape index (κ2) is 21.2. The molecule has 0 rings (SSSR count). The van der Waals surface area contributed by atoms with Crippen LogP contribution in [0.5, 0.6) is 0 Å². The number of rotatable bonds is 21. The van der Waals surface area contributed by atoms with Gasteiger partial charge in [0.1, 0.15) is 0 Å². The first-order chi connectivity index (χ1) is 13.2. The zero-order valence-electron chi connectivity index (χ0n) is 17.5. The Hall–Kier alpha value is -1.10. The Bertz CT molecular complexity index is 344. The molecule has 0 radical (unpaired) electrons. The van der Waals surface area contributed by atoms with Crippen molar-refractivity contribution < 1.29 is 24.5 Å². The van der Waals surface area contributed by atoms with Crippen molar-refractivity contribution in [1.29, 1.82) is 0 Å². The highest BCUT2D eigenvalue weighted by Gasteiger charge is 2.04. The van der Waals surface area contributed by atoms with E-state index in [1.54, 1.807) is 0 Å². The van der Waals surface area contributed by atoms with Crippen LogP contribution in [0.2, 0.25) is 0 Å². The van der Waals surface area contributed by atoms with Crippen LogP contribution in [0.1, 0.15) is 122 Å². The second-order valence-electron chi connectivity index (χ2n) is 7.47. The minimum absolute atomic E-state index is 0.201. The molecule has 0 aromatic carbocycles. The van der Waals surface area contributed by atoms with Crippen LogP contribution in [0.25, 0.3) is 0 Å². The Morgan fingerprint density at radius 2 is 1.07 bits per heavy atom. The largest absolute Gasteiger partial charge is 0.481 e. The van der Waals surface area contributed by atoms with Crippen LogP contribution in [0, 0.1) is 0 Å². The average molecular weight is 387 g/mol. The average Bonchev–Trinajstić information content (AvgIpc) is 2.64. The smallest absolute Gasteiger partial charge is 0.342 e. The highest BCUT2D eigenvalue weighted by molar-refractivity contribution is 5.68. The Labute approximate surface area is 166 Å². The first kappa shape index (κ1) is 25.9. The lowest BCUT2D eigenvalue weighted by molar-refractivity contribution is -0.272. The number of carboxylic acids is 1. The van der Waals surface area contributed by atoms with Crippen molar-refractivity contribution in [3.05, 3.63) is 0 Å². The summed E-state index contributed by atoms with van der Waals surface area (Å²) in [7, 11) is 0. The fourth-order valence-corrected chi connectivity index (χ4v) is 3.05.